The molecule has 0 fully saturated rings. The van der Waals surface area contributed by atoms with Gasteiger partial charge in [-0.05, 0) is 11.6 Å². The maximum absolute atomic E-state index is 9.82. The van der Waals surface area contributed by atoms with Gasteiger partial charge in [0.05, 0.1) is 0 Å². The van der Waals surface area contributed by atoms with Gasteiger partial charge in [-0.15, -0.1) is 0 Å². The Morgan fingerprint density at radius 1 is 1.07 bits per heavy atom. The van der Waals surface area contributed by atoms with Crippen LogP contribution in [0.3, 0.4) is 0 Å². The Hall–Kier alpha value is -1.09. The first-order chi connectivity index (χ1) is 7.20. The van der Waals surface area contributed by atoms with Crippen molar-refractivity contribution in [2.75, 3.05) is 0 Å². The Morgan fingerprint density at radius 2 is 1.73 bits per heavy atom. The molecule has 0 radical (unpaired) electrons. The lowest BCUT2D eigenvalue weighted by molar-refractivity contribution is 0.0857. The standard InChI is InChI=1S/C12H11ClO2/c13-9-6-7-10(14)12(15)11(9)8-4-2-1-3-5-8/h1-7,10,12,14-15H/t10-,12-/m1/s1. The van der Waals surface area contributed by atoms with Crippen LogP contribution in [-0.4, -0.2) is 22.4 Å². The Balaban J connectivity index is 2.47. The van der Waals surface area contributed by atoms with Crippen LogP contribution in [0.15, 0.2) is 47.5 Å². The maximum Gasteiger partial charge on any atom is 0.110 e. The minimum Gasteiger partial charge on any atom is -0.386 e. The summed E-state index contributed by atoms with van der Waals surface area (Å²) in [5.74, 6) is 0. The van der Waals surface area contributed by atoms with E-state index in [1.54, 1.807) is 6.08 Å². The Kier molecular flexibility index (Phi) is 2.91. The molecule has 0 aliphatic heterocycles. The van der Waals surface area contributed by atoms with Gasteiger partial charge in [-0.2, -0.15) is 0 Å². The first-order valence-corrected chi connectivity index (χ1v) is 5.07. The van der Waals surface area contributed by atoms with Crippen LogP contribution in [0.4, 0.5) is 0 Å². The van der Waals surface area contributed by atoms with Gasteiger partial charge in [0.25, 0.3) is 0 Å². The fourth-order valence-corrected chi connectivity index (χ4v) is 1.91. The van der Waals surface area contributed by atoms with Gasteiger partial charge in [0.15, 0.2) is 0 Å². The monoisotopic (exact) mass is 222 g/mol. The summed E-state index contributed by atoms with van der Waals surface area (Å²) in [6.45, 7) is 0. The smallest absolute Gasteiger partial charge is 0.110 e. The summed E-state index contributed by atoms with van der Waals surface area (Å²) in [5.41, 5.74) is 1.41. The zero-order chi connectivity index (χ0) is 10.8. The van der Waals surface area contributed by atoms with E-state index in [1.807, 2.05) is 30.3 Å². The zero-order valence-electron chi connectivity index (χ0n) is 7.97. The fourth-order valence-electron chi connectivity index (χ4n) is 1.62. The van der Waals surface area contributed by atoms with E-state index < -0.39 is 12.2 Å². The fraction of sp³-hybridized carbons (Fsp3) is 0.167. The number of halogens is 1. The number of allylic oxidation sites excluding steroid dienone is 2. The summed E-state index contributed by atoms with van der Waals surface area (Å²) in [7, 11) is 0. The molecule has 0 unspecified atom stereocenters. The van der Waals surface area contributed by atoms with Gasteiger partial charge >= 0.3 is 0 Å². The molecule has 0 heterocycles. The molecule has 2 nitrogen and oxygen atoms in total. The maximum atomic E-state index is 9.82. The van der Waals surface area contributed by atoms with Crippen LogP contribution in [0.1, 0.15) is 5.56 Å². The van der Waals surface area contributed by atoms with Crippen molar-refractivity contribution in [2.45, 2.75) is 12.2 Å². The van der Waals surface area contributed by atoms with Crippen LogP contribution in [0.5, 0.6) is 0 Å². The number of rotatable bonds is 1. The molecule has 3 heteroatoms. The number of hydrogen-bond donors (Lipinski definition) is 2. The molecule has 1 aromatic carbocycles. The third-order valence-electron chi connectivity index (χ3n) is 2.40. The summed E-state index contributed by atoms with van der Waals surface area (Å²) in [5, 5.41) is 19.8. The number of aliphatic hydroxyl groups is 2. The zero-order valence-corrected chi connectivity index (χ0v) is 8.72. The molecule has 2 N–H and O–H groups in total. The van der Waals surface area contributed by atoms with Crippen molar-refractivity contribution in [2.24, 2.45) is 0 Å². The second kappa shape index (κ2) is 4.19. The van der Waals surface area contributed by atoms with Crippen LogP contribution >= 0.6 is 11.6 Å². The van der Waals surface area contributed by atoms with Crippen molar-refractivity contribution in [1.29, 1.82) is 0 Å². The summed E-state index contributed by atoms with van der Waals surface area (Å²) >= 11 is 6.00. The number of benzene rings is 1. The lowest BCUT2D eigenvalue weighted by Crippen LogP contribution is -2.27. The Morgan fingerprint density at radius 3 is 2.40 bits per heavy atom. The summed E-state index contributed by atoms with van der Waals surface area (Å²) in [6, 6.07) is 9.33. The minimum atomic E-state index is -0.954. The highest BCUT2D eigenvalue weighted by Crippen LogP contribution is 2.30. The summed E-state index contributed by atoms with van der Waals surface area (Å²) in [6.07, 6.45) is 1.26. The van der Waals surface area contributed by atoms with Crippen molar-refractivity contribution >= 4 is 17.2 Å². The van der Waals surface area contributed by atoms with Crippen LogP contribution in [0, 0.1) is 0 Å². The molecule has 2 atom stereocenters. The van der Waals surface area contributed by atoms with Crippen molar-refractivity contribution < 1.29 is 10.2 Å². The van der Waals surface area contributed by atoms with E-state index in [2.05, 4.69) is 0 Å². The molecule has 0 saturated heterocycles. The first kappa shape index (κ1) is 10.4. The van der Waals surface area contributed by atoms with E-state index in [0.717, 1.165) is 5.56 Å². The second-order valence-corrected chi connectivity index (χ2v) is 3.83. The first-order valence-electron chi connectivity index (χ1n) is 4.69. The van der Waals surface area contributed by atoms with E-state index in [1.165, 1.54) is 6.08 Å². The van der Waals surface area contributed by atoms with Gasteiger partial charge in [0.2, 0.25) is 0 Å². The summed E-state index contributed by atoms with van der Waals surface area (Å²) < 4.78 is 0. The highest BCUT2D eigenvalue weighted by molar-refractivity contribution is 6.34. The molecular weight excluding hydrogens is 212 g/mol. The quantitative estimate of drug-likeness (QED) is 0.762. The van der Waals surface area contributed by atoms with Gasteiger partial charge in [0, 0.05) is 10.6 Å². The molecular formula is C12H11ClO2. The van der Waals surface area contributed by atoms with Gasteiger partial charge in [-0.25, -0.2) is 0 Å². The lowest BCUT2D eigenvalue weighted by atomic mass is 9.93. The molecule has 2 rings (SSSR count). The molecule has 1 aromatic rings. The SMILES string of the molecule is O[C@@H]1C=CC(Cl)=C(c2ccccc2)[C@@H]1O. The van der Waals surface area contributed by atoms with Crippen LogP contribution in [0.25, 0.3) is 5.57 Å². The predicted octanol–water partition coefficient (Wildman–Crippen LogP) is 1.93. The average Bonchev–Trinajstić information content (AvgIpc) is 2.26. The molecule has 0 bridgehead atoms. The number of aliphatic hydroxyl groups excluding tert-OH is 2. The highest BCUT2D eigenvalue weighted by Gasteiger charge is 2.25. The topological polar surface area (TPSA) is 40.5 Å². The lowest BCUT2D eigenvalue weighted by Gasteiger charge is -2.23. The highest BCUT2D eigenvalue weighted by atomic mass is 35.5. The van der Waals surface area contributed by atoms with E-state index in [4.69, 9.17) is 11.6 Å². The van der Waals surface area contributed by atoms with Gasteiger partial charge in [-0.3, -0.25) is 0 Å². The van der Waals surface area contributed by atoms with Crippen molar-refractivity contribution in [1.82, 2.24) is 0 Å². The van der Waals surface area contributed by atoms with E-state index in [9.17, 15) is 10.2 Å². The summed E-state index contributed by atoms with van der Waals surface area (Å²) in [4.78, 5) is 0. The Labute approximate surface area is 93.1 Å². The van der Waals surface area contributed by atoms with Gasteiger partial charge < -0.3 is 10.2 Å². The molecule has 0 aromatic heterocycles. The predicted molar refractivity (Wildman–Crippen MR) is 60.4 cm³/mol. The van der Waals surface area contributed by atoms with Crippen LogP contribution in [-0.2, 0) is 0 Å². The van der Waals surface area contributed by atoms with Gasteiger partial charge in [-0.1, -0.05) is 48.0 Å². The Bertz CT molecular complexity index is 409. The van der Waals surface area contributed by atoms with E-state index in [0.29, 0.717) is 10.6 Å². The van der Waals surface area contributed by atoms with E-state index >= 15 is 0 Å². The molecule has 1 aliphatic carbocycles. The van der Waals surface area contributed by atoms with Crippen LogP contribution in [0.2, 0.25) is 0 Å². The minimum absolute atomic E-state index is 0.471. The molecule has 1 aliphatic rings. The molecule has 0 saturated carbocycles. The second-order valence-electron chi connectivity index (χ2n) is 3.42. The molecule has 15 heavy (non-hydrogen) atoms. The largest absolute Gasteiger partial charge is 0.386 e. The van der Waals surface area contributed by atoms with E-state index in [-0.39, 0.29) is 0 Å². The van der Waals surface area contributed by atoms with Crippen LogP contribution < -0.4 is 0 Å². The number of hydrogen-bond acceptors (Lipinski definition) is 2. The third-order valence-corrected chi connectivity index (χ3v) is 2.73. The van der Waals surface area contributed by atoms with Crippen molar-refractivity contribution in [3.63, 3.8) is 0 Å². The normalized spacial score (nSPS) is 25.8. The van der Waals surface area contributed by atoms with Crippen molar-refractivity contribution in [3.05, 3.63) is 53.1 Å². The molecule has 78 valence electrons. The third kappa shape index (κ3) is 1.97. The molecule has 0 amide bonds. The average molecular weight is 223 g/mol. The molecule has 0 spiro atoms. The van der Waals surface area contributed by atoms with Crippen molar-refractivity contribution in [3.8, 4) is 0 Å². The van der Waals surface area contributed by atoms with Gasteiger partial charge in [0.1, 0.15) is 12.2 Å².